The van der Waals surface area contributed by atoms with Crippen molar-refractivity contribution in [2.75, 3.05) is 19.6 Å². The SMILES string of the molecule is CCCN(CCC)C(=O)C1CCC(C(=O)NCCC(C)C)CC1. The first-order chi connectivity index (χ1) is 11.0. The highest BCUT2D eigenvalue weighted by atomic mass is 16.2. The number of hydrogen-bond donors (Lipinski definition) is 1. The van der Waals surface area contributed by atoms with E-state index in [9.17, 15) is 9.59 Å². The molecule has 0 radical (unpaired) electrons. The molecular weight excluding hydrogens is 288 g/mol. The molecule has 0 bridgehead atoms. The smallest absolute Gasteiger partial charge is 0.225 e. The van der Waals surface area contributed by atoms with E-state index >= 15 is 0 Å². The number of nitrogens with one attached hydrogen (secondary N) is 1. The van der Waals surface area contributed by atoms with Gasteiger partial charge in [0.2, 0.25) is 11.8 Å². The number of carbonyl (C=O) groups excluding carboxylic acids is 2. The van der Waals surface area contributed by atoms with E-state index in [1.165, 1.54) is 0 Å². The fraction of sp³-hybridized carbons (Fsp3) is 0.895. The molecule has 4 nitrogen and oxygen atoms in total. The monoisotopic (exact) mass is 324 g/mol. The largest absolute Gasteiger partial charge is 0.356 e. The van der Waals surface area contributed by atoms with E-state index in [0.29, 0.717) is 11.8 Å². The van der Waals surface area contributed by atoms with Crippen molar-refractivity contribution in [2.45, 2.75) is 72.6 Å². The van der Waals surface area contributed by atoms with E-state index in [1.807, 2.05) is 4.90 Å². The minimum atomic E-state index is 0.108. The Morgan fingerprint density at radius 1 is 1.00 bits per heavy atom. The Labute approximate surface area is 142 Å². The zero-order valence-corrected chi connectivity index (χ0v) is 15.6. The Hall–Kier alpha value is -1.06. The summed E-state index contributed by atoms with van der Waals surface area (Å²) in [6.07, 6.45) is 6.50. The molecule has 2 amide bonds. The summed E-state index contributed by atoms with van der Waals surface area (Å²) in [6.45, 7) is 11.1. The average molecular weight is 325 g/mol. The van der Waals surface area contributed by atoms with Gasteiger partial charge in [-0.1, -0.05) is 27.7 Å². The summed E-state index contributed by atoms with van der Waals surface area (Å²) in [4.78, 5) is 26.8. The zero-order valence-electron chi connectivity index (χ0n) is 15.6. The van der Waals surface area contributed by atoms with Gasteiger partial charge in [-0.3, -0.25) is 9.59 Å². The molecule has 23 heavy (non-hydrogen) atoms. The Morgan fingerprint density at radius 3 is 2.00 bits per heavy atom. The highest BCUT2D eigenvalue weighted by Gasteiger charge is 2.31. The van der Waals surface area contributed by atoms with Crippen molar-refractivity contribution in [1.29, 1.82) is 0 Å². The predicted octanol–water partition coefficient (Wildman–Crippen LogP) is 3.60. The molecule has 1 aliphatic rings. The van der Waals surface area contributed by atoms with E-state index < -0.39 is 0 Å². The predicted molar refractivity (Wildman–Crippen MR) is 95.1 cm³/mol. The van der Waals surface area contributed by atoms with Gasteiger partial charge >= 0.3 is 0 Å². The first kappa shape index (κ1) is 20.0. The van der Waals surface area contributed by atoms with E-state index in [0.717, 1.165) is 64.6 Å². The van der Waals surface area contributed by atoms with Gasteiger partial charge in [0.15, 0.2) is 0 Å². The number of carbonyl (C=O) groups is 2. The molecule has 0 atom stereocenters. The van der Waals surface area contributed by atoms with Gasteiger partial charge in [-0.2, -0.15) is 0 Å². The Kier molecular flexibility index (Phi) is 9.27. The average Bonchev–Trinajstić information content (AvgIpc) is 2.53. The first-order valence-electron chi connectivity index (χ1n) is 9.56. The van der Waals surface area contributed by atoms with Gasteiger partial charge in [0.25, 0.3) is 0 Å². The summed E-state index contributed by atoms with van der Waals surface area (Å²) in [7, 11) is 0. The summed E-state index contributed by atoms with van der Waals surface area (Å²) in [5, 5.41) is 3.06. The van der Waals surface area contributed by atoms with Crippen molar-refractivity contribution in [3.63, 3.8) is 0 Å². The first-order valence-corrected chi connectivity index (χ1v) is 9.56. The molecule has 0 aromatic rings. The summed E-state index contributed by atoms with van der Waals surface area (Å²) in [5.74, 6) is 1.36. The summed E-state index contributed by atoms with van der Waals surface area (Å²) < 4.78 is 0. The molecule has 134 valence electrons. The van der Waals surface area contributed by atoms with Gasteiger partial charge < -0.3 is 10.2 Å². The van der Waals surface area contributed by atoms with Crippen molar-refractivity contribution in [3.05, 3.63) is 0 Å². The van der Waals surface area contributed by atoms with Gasteiger partial charge in [0.1, 0.15) is 0 Å². The van der Waals surface area contributed by atoms with Gasteiger partial charge in [0.05, 0.1) is 0 Å². The van der Waals surface area contributed by atoms with Crippen molar-refractivity contribution in [1.82, 2.24) is 10.2 Å². The highest BCUT2D eigenvalue weighted by Crippen LogP contribution is 2.30. The van der Waals surface area contributed by atoms with E-state index in [1.54, 1.807) is 0 Å². The van der Waals surface area contributed by atoms with Crippen molar-refractivity contribution in [2.24, 2.45) is 17.8 Å². The van der Waals surface area contributed by atoms with Crippen LogP contribution < -0.4 is 5.32 Å². The molecule has 1 N–H and O–H groups in total. The van der Waals surface area contributed by atoms with Crippen LogP contribution in [-0.2, 0) is 9.59 Å². The lowest BCUT2D eigenvalue weighted by Crippen LogP contribution is -2.40. The Balaban J connectivity index is 2.38. The third kappa shape index (κ3) is 6.92. The lowest BCUT2D eigenvalue weighted by molar-refractivity contribution is -0.138. The third-order valence-corrected chi connectivity index (χ3v) is 4.77. The maximum Gasteiger partial charge on any atom is 0.225 e. The molecule has 0 saturated heterocycles. The van der Waals surface area contributed by atoms with Gasteiger partial charge in [-0.15, -0.1) is 0 Å². The van der Waals surface area contributed by atoms with Crippen LogP contribution in [0, 0.1) is 17.8 Å². The minimum Gasteiger partial charge on any atom is -0.356 e. The van der Waals surface area contributed by atoms with Crippen molar-refractivity contribution < 1.29 is 9.59 Å². The summed E-state index contributed by atoms with van der Waals surface area (Å²) in [5.41, 5.74) is 0. The number of hydrogen-bond acceptors (Lipinski definition) is 2. The van der Waals surface area contributed by atoms with Crippen molar-refractivity contribution >= 4 is 11.8 Å². The fourth-order valence-electron chi connectivity index (χ4n) is 3.36. The Morgan fingerprint density at radius 2 is 1.52 bits per heavy atom. The van der Waals surface area contributed by atoms with Crippen LogP contribution in [0.2, 0.25) is 0 Å². The van der Waals surface area contributed by atoms with Crippen LogP contribution in [0.1, 0.15) is 72.6 Å². The topological polar surface area (TPSA) is 49.4 Å². The molecule has 0 heterocycles. The molecular formula is C19H36N2O2. The molecule has 0 unspecified atom stereocenters. The van der Waals surface area contributed by atoms with Crippen LogP contribution in [0.4, 0.5) is 0 Å². The van der Waals surface area contributed by atoms with Crippen LogP contribution in [0.5, 0.6) is 0 Å². The minimum absolute atomic E-state index is 0.108. The lowest BCUT2D eigenvalue weighted by atomic mass is 9.81. The molecule has 4 heteroatoms. The summed E-state index contributed by atoms with van der Waals surface area (Å²) >= 11 is 0. The van der Waals surface area contributed by atoms with Crippen LogP contribution >= 0.6 is 0 Å². The quantitative estimate of drug-likeness (QED) is 0.704. The molecule has 0 aromatic heterocycles. The normalized spacial score (nSPS) is 21.3. The summed E-state index contributed by atoms with van der Waals surface area (Å²) in [6, 6.07) is 0. The van der Waals surface area contributed by atoms with Crippen molar-refractivity contribution in [3.8, 4) is 0 Å². The van der Waals surface area contributed by atoms with Crippen LogP contribution in [0.3, 0.4) is 0 Å². The number of rotatable bonds is 9. The maximum atomic E-state index is 12.6. The van der Waals surface area contributed by atoms with Gasteiger partial charge in [-0.05, 0) is 50.9 Å². The zero-order chi connectivity index (χ0) is 17.2. The van der Waals surface area contributed by atoms with E-state index in [2.05, 4.69) is 33.0 Å². The number of nitrogens with zero attached hydrogens (tertiary/aromatic N) is 1. The molecule has 0 aliphatic heterocycles. The molecule has 1 saturated carbocycles. The van der Waals surface area contributed by atoms with E-state index in [4.69, 9.17) is 0 Å². The second-order valence-electron chi connectivity index (χ2n) is 7.35. The van der Waals surface area contributed by atoms with Gasteiger partial charge in [0, 0.05) is 31.5 Å². The van der Waals surface area contributed by atoms with Crippen LogP contribution in [0.15, 0.2) is 0 Å². The fourth-order valence-corrected chi connectivity index (χ4v) is 3.36. The number of amides is 2. The maximum absolute atomic E-state index is 12.6. The van der Waals surface area contributed by atoms with Gasteiger partial charge in [-0.25, -0.2) is 0 Å². The molecule has 0 spiro atoms. The molecule has 0 aromatic carbocycles. The molecule has 1 rings (SSSR count). The standard InChI is InChI=1S/C19H36N2O2/c1-5-13-21(14-6-2)19(23)17-9-7-16(8-10-17)18(22)20-12-11-15(3)4/h15-17H,5-14H2,1-4H3,(H,20,22). The Bertz CT molecular complexity index is 354. The highest BCUT2D eigenvalue weighted by molar-refractivity contribution is 5.81. The molecule has 1 fully saturated rings. The van der Waals surface area contributed by atoms with Crippen LogP contribution in [0.25, 0.3) is 0 Å². The second-order valence-corrected chi connectivity index (χ2v) is 7.35. The molecule has 1 aliphatic carbocycles. The second kappa shape index (κ2) is 10.7. The lowest BCUT2D eigenvalue weighted by Gasteiger charge is -2.31. The van der Waals surface area contributed by atoms with Crippen LogP contribution in [-0.4, -0.2) is 36.3 Å². The van der Waals surface area contributed by atoms with E-state index in [-0.39, 0.29) is 17.7 Å². The third-order valence-electron chi connectivity index (χ3n) is 4.77.